The Balaban J connectivity index is 2.12. The molecule has 2 amide bonds. The summed E-state index contributed by atoms with van der Waals surface area (Å²) >= 11 is 0. The molecule has 2 rings (SSSR count). The van der Waals surface area contributed by atoms with Gasteiger partial charge in [0.15, 0.2) is 0 Å². The minimum atomic E-state index is -0.478. The Kier molecular flexibility index (Phi) is 4.42. The number of rotatable bonds is 2. The quantitative estimate of drug-likeness (QED) is 0.670. The van der Waals surface area contributed by atoms with Gasteiger partial charge in [0.1, 0.15) is 0 Å². The zero-order chi connectivity index (χ0) is 15.6. The maximum atomic E-state index is 12.3. The lowest BCUT2D eigenvalue weighted by molar-refractivity contribution is -0.384. The van der Waals surface area contributed by atoms with Gasteiger partial charge in [-0.3, -0.25) is 10.1 Å². The van der Waals surface area contributed by atoms with Crippen LogP contribution in [0.1, 0.15) is 19.4 Å². The molecule has 0 bridgehead atoms. The first-order valence-corrected chi connectivity index (χ1v) is 6.83. The number of nitrogens with one attached hydrogen (secondary N) is 1. The van der Waals surface area contributed by atoms with Crippen LogP contribution in [-0.2, 0) is 4.74 Å². The number of hydrogen-bond donors (Lipinski definition) is 1. The molecule has 7 nitrogen and oxygen atoms in total. The van der Waals surface area contributed by atoms with Crippen molar-refractivity contribution in [3.63, 3.8) is 0 Å². The predicted octanol–water partition coefficient (Wildman–Crippen LogP) is 2.54. The smallest absolute Gasteiger partial charge is 0.322 e. The zero-order valence-corrected chi connectivity index (χ0v) is 12.3. The molecular formula is C14H19N3O4. The van der Waals surface area contributed by atoms with Crippen LogP contribution in [-0.4, -0.2) is 41.2 Å². The van der Waals surface area contributed by atoms with Gasteiger partial charge in [-0.1, -0.05) is 6.07 Å². The number of carbonyl (C=O) groups is 1. The fourth-order valence-corrected chi connectivity index (χ4v) is 2.40. The average molecular weight is 293 g/mol. The number of morpholine rings is 1. The van der Waals surface area contributed by atoms with Crippen LogP contribution >= 0.6 is 0 Å². The number of carbonyl (C=O) groups excluding carboxylic acids is 1. The normalized spacial score (nSPS) is 22.0. The Hall–Kier alpha value is -2.15. The number of nitro benzene ring substituents is 1. The second-order valence-electron chi connectivity index (χ2n) is 5.35. The number of urea groups is 1. The first kappa shape index (κ1) is 15.2. The van der Waals surface area contributed by atoms with Gasteiger partial charge < -0.3 is 15.0 Å². The number of ether oxygens (including phenoxy) is 1. The SMILES string of the molecule is Cc1ccc([N+](=O)[O-])cc1NC(=O)N1C[C@@H](C)O[C@H](C)C1. The molecule has 0 spiro atoms. The van der Waals surface area contributed by atoms with E-state index in [1.807, 2.05) is 13.8 Å². The third-order valence-electron chi connectivity index (χ3n) is 3.38. The third kappa shape index (κ3) is 3.69. The summed E-state index contributed by atoms with van der Waals surface area (Å²) in [5.74, 6) is 0. The molecule has 7 heteroatoms. The van der Waals surface area contributed by atoms with Crippen molar-refractivity contribution in [2.24, 2.45) is 0 Å². The van der Waals surface area contributed by atoms with Crippen molar-refractivity contribution < 1.29 is 14.5 Å². The van der Waals surface area contributed by atoms with Crippen molar-refractivity contribution in [1.29, 1.82) is 0 Å². The first-order valence-electron chi connectivity index (χ1n) is 6.83. The lowest BCUT2D eigenvalue weighted by Gasteiger charge is -2.35. The van der Waals surface area contributed by atoms with Gasteiger partial charge in [0.05, 0.1) is 22.8 Å². The van der Waals surface area contributed by atoms with E-state index in [1.165, 1.54) is 12.1 Å². The number of nitro groups is 1. The van der Waals surface area contributed by atoms with Gasteiger partial charge in [-0.2, -0.15) is 0 Å². The second kappa shape index (κ2) is 6.09. The predicted molar refractivity (Wildman–Crippen MR) is 78.4 cm³/mol. The molecule has 114 valence electrons. The summed E-state index contributed by atoms with van der Waals surface area (Å²) in [6.45, 7) is 6.63. The minimum absolute atomic E-state index is 0.0225. The highest BCUT2D eigenvalue weighted by molar-refractivity contribution is 5.90. The Bertz CT molecular complexity index is 551. The second-order valence-corrected chi connectivity index (χ2v) is 5.35. The van der Waals surface area contributed by atoms with Gasteiger partial charge in [0.2, 0.25) is 0 Å². The van der Waals surface area contributed by atoms with Gasteiger partial charge in [0, 0.05) is 25.2 Å². The van der Waals surface area contributed by atoms with Crippen LogP contribution in [0.5, 0.6) is 0 Å². The molecule has 0 radical (unpaired) electrons. The van der Waals surface area contributed by atoms with E-state index in [4.69, 9.17) is 4.74 Å². The van der Waals surface area contributed by atoms with Crippen molar-refractivity contribution in [2.45, 2.75) is 33.0 Å². The van der Waals surface area contributed by atoms with Crippen molar-refractivity contribution in [1.82, 2.24) is 4.90 Å². The van der Waals surface area contributed by atoms with Crippen molar-refractivity contribution in [3.8, 4) is 0 Å². The van der Waals surface area contributed by atoms with Gasteiger partial charge in [0.25, 0.3) is 5.69 Å². The molecule has 0 aromatic heterocycles. The van der Waals surface area contributed by atoms with E-state index in [-0.39, 0.29) is 23.9 Å². The van der Waals surface area contributed by atoms with Crippen LogP contribution in [0.3, 0.4) is 0 Å². The molecule has 0 unspecified atom stereocenters. The molecule has 0 saturated carbocycles. The summed E-state index contributed by atoms with van der Waals surface area (Å²) in [6, 6.07) is 4.16. The first-order chi connectivity index (χ1) is 9.86. The molecule has 1 N–H and O–H groups in total. The number of hydrogen-bond acceptors (Lipinski definition) is 4. The fraction of sp³-hybridized carbons (Fsp3) is 0.500. The highest BCUT2D eigenvalue weighted by Gasteiger charge is 2.26. The standard InChI is InChI=1S/C14H19N3O4/c1-9-4-5-12(17(19)20)6-13(9)15-14(18)16-7-10(2)21-11(3)8-16/h4-6,10-11H,7-8H2,1-3H3,(H,15,18)/t10-,11-/m1/s1. The van der Waals surface area contributed by atoms with E-state index in [0.29, 0.717) is 18.8 Å². The third-order valence-corrected chi connectivity index (χ3v) is 3.38. The van der Waals surface area contributed by atoms with Gasteiger partial charge in [-0.25, -0.2) is 4.79 Å². The maximum Gasteiger partial charge on any atom is 0.322 e. The average Bonchev–Trinajstić information content (AvgIpc) is 2.39. The van der Waals surface area contributed by atoms with Crippen LogP contribution in [0.25, 0.3) is 0 Å². The number of amides is 2. The van der Waals surface area contributed by atoms with Gasteiger partial charge in [-0.15, -0.1) is 0 Å². The van der Waals surface area contributed by atoms with E-state index in [0.717, 1.165) is 5.56 Å². The summed E-state index contributed by atoms with van der Waals surface area (Å²) in [4.78, 5) is 24.3. The summed E-state index contributed by atoms with van der Waals surface area (Å²) in [5.41, 5.74) is 1.20. The van der Waals surface area contributed by atoms with Crippen LogP contribution in [0.15, 0.2) is 18.2 Å². The summed E-state index contributed by atoms with van der Waals surface area (Å²) in [5, 5.41) is 13.5. The molecular weight excluding hydrogens is 274 g/mol. The molecule has 1 heterocycles. The molecule has 1 saturated heterocycles. The lowest BCUT2D eigenvalue weighted by Crippen LogP contribution is -2.49. The monoisotopic (exact) mass is 293 g/mol. The van der Waals surface area contributed by atoms with E-state index in [2.05, 4.69) is 5.32 Å². The maximum absolute atomic E-state index is 12.3. The summed E-state index contributed by atoms with van der Waals surface area (Å²) in [6.07, 6.45) is -0.0450. The lowest BCUT2D eigenvalue weighted by atomic mass is 10.2. The van der Waals surface area contributed by atoms with Crippen molar-refractivity contribution >= 4 is 17.4 Å². The number of anilines is 1. The van der Waals surface area contributed by atoms with E-state index < -0.39 is 4.92 Å². The number of non-ortho nitro benzene ring substituents is 1. The molecule has 1 aromatic carbocycles. The van der Waals surface area contributed by atoms with E-state index in [9.17, 15) is 14.9 Å². The molecule has 0 aliphatic carbocycles. The Morgan fingerprint density at radius 3 is 2.57 bits per heavy atom. The van der Waals surface area contributed by atoms with Gasteiger partial charge in [-0.05, 0) is 26.3 Å². The van der Waals surface area contributed by atoms with Crippen LogP contribution in [0.4, 0.5) is 16.2 Å². The van der Waals surface area contributed by atoms with Crippen LogP contribution in [0, 0.1) is 17.0 Å². The summed E-state index contributed by atoms with van der Waals surface area (Å²) < 4.78 is 5.58. The zero-order valence-electron chi connectivity index (χ0n) is 12.3. The highest BCUT2D eigenvalue weighted by atomic mass is 16.6. The fourth-order valence-electron chi connectivity index (χ4n) is 2.40. The topological polar surface area (TPSA) is 84.7 Å². The Morgan fingerprint density at radius 1 is 1.38 bits per heavy atom. The Morgan fingerprint density at radius 2 is 2.00 bits per heavy atom. The molecule has 2 atom stereocenters. The van der Waals surface area contributed by atoms with E-state index in [1.54, 1.807) is 17.9 Å². The molecule has 1 fully saturated rings. The Labute approximate surface area is 123 Å². The number of nitrogens with zero attached hydrogens (tertiary/aromatic N) is 2. The molecule has 1 aliphatic rings. The van der Waals surface area contributed by atoms with Gasteiger partial charge >= 0.3 is 6.03 Å². The van der Waals surface area contributed by atoms with E-state index >= 15 is 0 Å². The number of aryl methyl sites for hydroxylation is 1. The molecule has 21 heavy (non-hydrogen) atoms. The number of benzene rings is 1. The highest BCUT2D eigenvalue weighted by Crippen LogP contribution is 2.22. The molecule has 1 aromatic rings. The van der Waals surface area contributed by atoms with Crippen molar-refractivity contribution in [2.75, 3.05) is 18.4 Å². The summed E-state index contributed by atoms with van der Waals surface area (Å²) in [7, 11) is 0. The largest absolute Gasteiger partial charge is 0.372 e. The molecule has 1 aliphatic heterocycles. The van der Waals surface area contributed by atoms with Crippen LogP contribution in [0.2, 0.25) is 0 Å². The van der Waals surface area contributed by atoms with Crippen molar-refractivity contribution in [3.05, 3.63) is 33.9 Å². The minimum Gasteiger partial charge on any atom is -0.372 e. The van der Waals surface area contributed by atoms with Crippen LogP contribution < -0.4 is 5.32 Å².